The first kappa shape index (κ1) is 15.3. The number of nitro benzene ring substituents is 1. The van der Waals surface area contributed by atoms with Gasteiger partial charge in [0.1, 0.15) is 5.69 Å². The maximum Gasteiger partial charge on any atom is 0.292 e. The molecule has 0 aromatic heterocycles. The van der Waals surface area contributed by atoms with E-state index in [1.165, 1.54) is 0 Å². The highest BCUT2D eigenvalue weighted by atomic mass is 16.6. The summed E-state index contributed by atoms with van der Waals surface area (Å²) in [5.74, 6) is 0.318. The van der Waals surface area contributed by atoms with Crippen LogP contribution < -0.4 is 10.6 Å². The number of carbonyl (C=O) groups excluding carboxylic acids is 1. The second-order valence-corrected chi connectivity index (χ2v) is 5.73. The van der Waals surface area contributed by atoms with Crippen molar-refractivity contribution in [3.63, 3.8) is 0 Å². The lowest BCUT2D eigenvalue weighted by atomic mass is 9.99. The van der Waals surface area contributed by atoms with Crippen LogP contribution in [0.2, 0.25) is 0 Å². The van der Waals surface area contributed by atoms with Crippen LogP contribution in [0.25, 0.3) is 0 Å². The van der Waals surface area contributed by atoms with Gasteiger partial charge in [-0.05, 0) is 30.4 Å². The molecule has 2 N–H and O–H groups in total. The zero-order valence-electron chi connectivity index (χ0n) is 12.6. The first-order valence-corrected chi connectivity index (χ1v) is 7.30. The molecule has 21 heavy (non-hydrogen) atoms. The summed E-state index contributed by atoms with van der Waals surface area (Å²) < 4.78 is 0. The lowest BCUT2D eigenvalue weighted by Crippen LogP contribution is -2.26. The second-order valence-electron chi connectivity index (χ2n) is 5.73. The fourth-order valence-corrected chi connectivity index (χ4v) is 2.62. The highest BCUT2D eigenvalue weighted by Crippen LogP contribution is 2.35. The monoisotopic (exact) mass is 291 g/mol. The molecule has 114 valence electrons. The molecule has 1 heterocycles. The summed E-state index contributed by atoms with van der Waals surface area (Å²) >= 11 is 0. The third-order valence-corrected chi connectivity index (χ3v) is 3.90. The van der Waals surface area contributed by atoms with E-state index in [-0.39, 0.29) is 22.6 Å². The molecule has 1 aliphatic heterocycles. The SMILES string of the molecule is CCC(Nc1cc2c(cc1[N+](=O)[O-])CCC(=O)N2)C(C)C. The van der Waals surface area contributed by atoms with Crippen molar-refractivity contribution in [1.82, 2.24) is 0 Å². The minimum absolute atomic E-state index is 0.0433. The molecular formula is C15H21N3O3. The minimum atomic E-state index is -0.369. The number of aryl methyl sites for hydroxylation is 1. The Labute approximate surface area is 124 Å². The van der Waals surface area contributed by atoms with Crippen LogP contribution in [-0.4, -0.2) is 16.9 Å². The molecule has 0 bridgehead atoms. The number of rotatable bonds is 5. The van der Waals surface area contributed by atoms with Crippen molar-refractivity contribution in [1.29, 1.82) is 0 Å². The highest BCUT2D eigenvalue weighted by Gasteiger charge is 2.24. The summed E-state index contributed by atoms with van der Waals surface area (Å²) in [7, 11) is 0. The van der Waals surface area contributed by atoms with E-state index in [9.17, 15) is 14.9 Å². The molecule has 2 rings (SSSR count). The molecule has 1 atom stereocenters. The van der Waals surface area contributed by atoms with Crippen molar-refractivity contribution < 1.29 is 9.72 Å². The van der Waals surface area contributed by atoms with Gasteiger partial charge in [0.25, 0.3) is 5.69 Å². The number of benzene rings is 1. The average Bonchev–Trinajstić information content (AvgIpc) is 2.43. The highest BCUT2D eigenvalue weighted by molar-refractivity contribution is 5.95. The first-order valence-electron chi connectivity index (χ1n) is 7.30. The number of anilines is 2. The van der Waals surface area contributed by atoms with Gasteiger partial charge in [0.05, 0.1) is 4.92 Å². The van der Waals surface area contributed by atoms with Gasteiger partial charge in [0.2, 0.25) is 5.91 Å². The van der Waals surface area contributed by atoms with E-state index in [0.717, 1.165) is 12.0 Å². The number of hydrogen-bond donors (Lipinski definition) is 2. The third kappa shape index (κ3) is 3.32. The molecule has 0 saturated carbocycles. The topological polar surface area (TPSA) is 84.3 Å². The van der Waals surface area contributed by atoms with E-state index in [2.05, 4.69) is 24.5 Å². The Morgan fingerprint density at radius 2 is 2.10 bits per heavy atom. The second kappa shape index (κ2) is 6.11. The summed E-state index contributed by atoms with van der Waals surface area (Å²) in [4.78, 5) is 22.4. The van der Waals surface area contributed by atoms with Gasteiger partial charge in [0, 0.05) is 24.2 Å². The third-order valence-electron chi connectivity index (χ3n) is 3.90. The average molecular weight is 291 g/mol. The summed E-state index contributed by atoms with van der Waals surface area (Å²) in [6.45, 7) is 6.20. The molecule has 6 heteroatoms. The van der Waals surface area contributed by atoms with E-state index >= 15 is 0 Å². The van der Waals surface area contributed by atoms with Crippen molar-refractivity contribution in [2.75, 3.05) is 10.6 Å². The summed E-state index contributed by atoms with van der Waals surface area (Å²) in [6.07, 6.45) is 1.79. The molecule has 0 spiro atoms. The molecule has 1 aliphatic rings. The van der Waals surface area contributed by atoms with Crippen molar-refractivity contribution in [2.45, 2.75) is 46.1 Å². The number of nitro groups is 1. The quantitative estimate of drug-likeness (QED) is 0.643. The number of amides is 1. The fraction of sp³-hybridized carbons (Fsp3) is 0.533. The molecule has 0 aliphatic carbocycles. The van der Waals surface area contributed by atoms with Gasteiger partial charge >= 0.3 is 0 Å². The summed E-state index contributed by atoms with van der Waals surface area (Å²) in [5, 5.41) is 17.3. The van der Waals surface area contributed by atoms with Crippen LogP contribution in [0.1, 0.15) is 39.2 Å². The van der Waals surface area contributed by atoms with E-state index < -0.39 is 0 Å². The Bertz CT molecular complexity index is 570. The molecule has 1 aromatic carbocycles. The van der Waals surface area contributed by atoms with Crippen LogP contribution in [0.4, 0.5) is 17.1 Å². The van der Waals surface area contributed by atoms with Crippen LogP contribution in [-0.2, 0) is 11.2 Å². The van der Waals surface area contributed by atoms with Gasteiger partial charge in [-0.15, -0.1) is 0 Å². The number of nitrogens with zero attached hydrogens (tertiary/aromatic N) is 1. The van der Waals surface area contributed by atoms with Crippen molar-refractivity contribution in [3.05, 3.63) is 27.8 Å². The van der Waals surface area contributed by atoms with E-state index in [0.29, 0.717) is 30.1 Å². The van der Waals surface area contributed by atoms with E-state index in [1.807, 2.05) is 6.92 Å². The van der Waals surface area contributed by atoms with Crippen LogP contribution >= 0.6 is 0 Å². The van der Waals surface area contributed by atoms with Crippen LogP contribution in [0.15, 0.2) is 12.1 Å². The van der Waals surface area contributed by atoms with Gasteiger partial charge in [-0.1, -0.05) is 20.8 Å². The zero-order valence-corrected chi connectivity index (χ0v) is 12.6. The standard InChI is InChI=1S/C15H21N3O3/c1-4-11(9(2)3)16-13-8-12-10(5-6-15(19)17-12)7-14(13)18(20)21/h7-9,11,16H,4-6H2,1-3H3,(H,17,19). The van der Waals surface area contributed by atoms with Gasteiger partial charge in [0.15, 0.2) is 0 Å². The Morgan fingerprint density at radius 1 is 1.38 bits per heavy atom. The molecule has 1 unspecified atom stereocenters. The lowest BCUT2D eigenvalue weighted by molar-refractivity contribution is -0.384. The van der Waals surface area contributed by atoms with Gasteiger partial charge in [-0.25, -0.2) is 0 Å². The van der Waals surface area contributed by atoms with E-state index in [1.54, 1.807) is 12.1 Å². The predicted molar refractivity (Wildman–Crippen MR) is 82.6 cm³/mol. The Morgan fingerprint density at radius 3 is 2.67 bits per heavy atom. The largest absolute Gasteiger partial charge is 0.376 e. The number of carbonyl (C=O) groups is 1. The summed E-state index contributed by atoms with van der Waals surface area (Å²) in [5.41, 5.74) is 2.05. The van der Waals surface area contributed by atoms with Gasteiger partial charge in [-0.2, -0.15) is 0 Å². The van der Waals surface area contributed by atoms with Crippen molar-refractivity contribution in [3.8, 4) is 0 Å². The molecule has 0 saturated heterocycles. The fourth-order valence-electron chi connectivity index (χ4n) is 2.62. The maximum absolute atomic E-state index is 11.5. The van der Waals surface area contributed by atoms with Crippen molar-refractivity contribution >= 4 is 23.0 Å². The number of hydrogen-bond acceptors (Lipinski definition) is 4. The zero-order chi connectivity index (χ0) is 15.6. The van der Waals surface area contributed by atoms with Crippen molar-refractivity contribution in [2.24, 2.45) is 5.92 Å². The number of nitrogens with one attached hydrogen (secondary N) is 2. The number of fused-ring (bicyclic) bond motifs is 1. The molecule has 1 aromatic rings. The van der Waals surface area contributed by atoms with Gasteiger partial charge < -0.3 is 10.6 Å². The molecule has 0 fully saturated rings. The summed E-state index contributed by atoms with van der Waals surface area (Å²) in [6, 6.07) is 3.42. The van der Waals surface area contributed by atoms with Gasteiger partial charge in [-0.3, -0.25) is 14.9 Å². The molecule has 1 amide bonds. The smallest absolute Gasteiger partial charge is 0.292 e. The lowest BCUT2D eigenvalue weighted by Gasteiger charge is -2.24. The van der Waals surface area contributed by atoms with E-state index in [4.69, 9.17) is 0 Å². The predicted octanol–water partition coefficient (Wildman–Crippen LogP) is 3.33. The van der Waals surface area contributed by atoms with Crippen LogP contribution in [0.3, 0.4) is 0 Å². The van der Waals surface area contributed by atoms with Crippen LogP contribution in [0, 0.1) is 16.0 Å². The maximum atomic E-state index is 11.5. The first-order chi connectivity index (χ1) is 9.92. The minimum Gasteiger partial charge on any atom is -0.376 e. The Balaban J connectivity index is 2.40. The normalized spacial score (nSPS) is 15.3. The molecule has 6 nitrogen and oxygen atoms in total. The van der Waals surface area contributed by atoms with Crippen LogP contribution in [0.5, 0.6) is 0 Å². The molecular weight excluding hydrogens is 270 g/mol. The Hall–Kier alpha value is -2.11. The molecule has 0 radical (unpaired) electrons. The Kier molecular flexibility index (Phi) is 4.45.